The Kier molecular flexibility index (Phi) is 10.9. The van der Waals surface area contributed by atoms with Gasteiger partial charge < -0.3 is 30.3 Å². The lowest BCUT2D eigenvalue weighted by Crippen LogP contribution is -2.59. The topological polar surface area (TPSA) is 151 Å². The second-order valence-electron chi connectivity index (χ2n) is 10.5. The van der Waals surface area contributed by atoms with Gasteiger partial charge in [-0.2, -0.15) is 0 Å². The van der Waals surface area contributed by atoms with Crippen LogP contribution in [0.5, 0.6) is 5.75 Å². The summed E-state index contributed by atoms with van der Waals surface area (Å²) in [5.74, 6) is -18.7. The molecule has 4 N–H and O–H groups in total. The Bertz CT molecular complexity index is 1410. The van der Waals surface area contributed by atoms with Gasteiger partial charge in [0.1, 0.15) is 17.9 Å². The predicted octanol–water partition coefficient (Wildman–Crippen LogP) is 2.81. The van der Waals surface area contributed by atoms with Crippen molar-refractivity contribution in [2.24, 2.45) is 11.8 Å². The third-order valence-corrected chi connectivity index (χ3v) is 7.47. The summed E-state index contributed by atoms with van der Waals surface area (Å²) in [6, 6.07) is 1.50. The molecule has 1 fully saturated rings. The number of cyclic esters (lactones) is 2. The first-order valence-corrected chi connectivity index (χ1v) is 13.6. The van der Waals surface area contributed by atoms with E-state index in [4.69, 9.17) is 9.47 Å². The van der Waals surface area contributed by atoms with E-state index >= 15 is 0 Å². The number of phenols is 1. The van der Waals surface area contributed by atoms with Crippen molar-refractivity contribution in [3.05, 3.63) is 64.5 Å². The Labute approximate surface area is 248 Å². The third-order valence-electron chi connectivity index (χ3n) is 7.47. The third kappa shape index (κ3) is 7.09. The fourth-order valence-electron chi connectivity index (χ4n) is 4.51. The summed E-state index contributed by atoms with van der Waals surface area (Å²) in [5, 5.41) is 25.6. The molecule has 2 amide bonds. The summed E-state index contributed by atoms with van der Waals surface area (Å²) in [6.07, 6.45) is -6.05. The van der Waals surface area contributed by atoms with Crippen molar-refractivity contribution >= 4 is 23.8 Å². The molecule has 0 radical (unpaired) electrons. The van der Waals surface area contributed by atoms with Crippen LogP contribution in [0.2, 0.25) is 0 Å². The Morgan fingerprint density at radius 3 is 2.09 bits per heavy atom. The van der Waals surface area contributed by atoms with E-state index in [0.29, 0.717) is 6.42 Å². The first kappa shape index (κ1) is 34.2. The van der Waals surface area contributed by atoms with E-state index < -0.39 is 113 Å². The van der Waals surface area contributed by atoms with Gasteiger partial charge in [-0.1, -0.05) is 26.0 Å². The summed E-state index contributed by atoms with van der Waals surface area (Å²) >= 11 is 0. The Balaban J connectivity index is 2.11. The molecule has 2 aromatic carbocycles. The molecule has 0 aromatic heterocycles. The molecule has 2 aromatic rings. The molecule has 1 aliphatic rings. The molecule has 240 valence electrons. The maximum absolute atomic E-state index is 14.6. The Hall–Kier alpha value is -4.27. The summed E-state index contributed by atoms with van der Waals surface area (Å²) < 4.78 is 81.5. The zero-order chi connectivity index (χ0) is 33.0. The van der Waals surface area contributed by atoms with Gasteiger partial charge >= 0.3 is 11.9 Å². The molecule has 0 bridgehead atoms. The molecule has 7 atom stereocenters. The van der Waals surface area contributed by atoms with Crippen LogP contribution in [0, 0.1) is 40.9 Å². The van der Waals surface area contributed by atoms with Crippen molar-refractivity contribution in [3.63, 3.8) is 0 Å². The smallest absolute Gasteiger partial charge is 0.348 e. The number of para-hydroxylation sites is 1. The second-order valence-corrected chi connectivity index (χ2v) is 10.5. The molecule has 10 nitrogen and oxygen atoms in total. The molecule has 15 heteroatoms. The van der Waals surface area contributed by atoms with Crippen molar-refractivity contribution in [1.29, 1.82) is 0 Å². The van der Waals surface area contributed by atoms with E-state index in [1.54, 1.807) is 13.8 Å². The van der Waals surface area contributed by atoms with Gasteiger partial charge in [0.2, 0.25) is 17.8 Å². The lowest BCUT2D eigenvalue weighted by molar-refractivity contribution is -0.180. The van der Waals surface area contributed by atoms with E-state index in [0.717, 1.165) is 6.92 Å². The molecular weight excluding hydrogens is 599 g/mol. The number of nitrogens with one attached hydrogen (secondary N) is 2. The maximum atomic E-state index is 14.6. The van der Waals surface area contributed by atoms with Gasteiger partial charge in [-0.25, -0.2) is 26.7 Å². The van der Waals surface area contributed by atoms with E-state index in [9.17, 15) is 51.3 Å². The molecule has 3 rings (SSSR count). The molecule has 1 heterocycles. The van der Waals surface area contributed by atoms with Crippen LogP contribution in [0.4, 0.5) is 22.0 Å². The highest BCUT2D eigenvalue weighted by Gasteiger charge is 2.42. The number of benzene rings is 2. The quantitative estimate of drug-likeness (QED) is 0.165. The fraction of sp³-hybridized carbons (Fsp3) is 0.448. The predicted molar refractivity (Wildman–Crippen MR) is 141 cm³/mol. The lowest BCUT2D eigenvalue weighted by Gasteiger charge is -2.34. The highest BCUT2D eigenvalue weighted by atomic mass is 19.2. The first-order chi connectivity index (χ1) is 20.6. The number of carbonyl (C=O) groups is 4. The van der Waals surface area contributed by atoms with Crippen LogP contribution in [-0.2, 0) is 30.3 Å². The van der Waals surface area contributed by atoms with Crippen LogP contribution >= 0.6 is 0 Å². The van der Waals surface area contributed by atoms with Crippen molar-refractivity contribution in [2.75, 3.05) is 0 Å². The minimum Gasteiger partial charge on any atom is -0.507 e. The average Bonchev–Trinajstić information content (AvgIpc) is 2.99. The standard InChI is InChI=1S/C29H31F5N2O8/c1-5-11(2)25-29(42)43-13(4)23(36-26(39)14-8-6-7-9-17(14)37)27(40)35-16(24(38)12(3)28(41)44-25)10-15-18(30)20(32)22(34)21(33)19(15)31/h6-9,11-13,16,23-25,37-38H,5,10H2,1-4H3,(H,35,40)(H,36,39). The van der Waals surface area contributed by atoms with Gasteiger partial charge in [0, 0.05) is 17.9 Å². The molecule has 44 heavy (non-hydrogen) atoms. The number of carbonyl (C=O) groups excluding carboxylic acids is 4. The number of aromatic hydroxyl groups is 1. The number of aliphatic hydroxyl groups excluding tert-OH is 1. The number of amides is 2. The van der Waals surface area contributed by atoms with Gasteiger partial charge in [0.15, 0.2) is 23.3 Å². The molecule has 7 unspecified atom stereocenters. The highest BCUT2D eigenvalue weighted by molar-refractivity contribution is 6.00. The van der Waals surface area contributed by atoms with Crippen LogP contribution < -0.4 is 10.6 Å². The van der Waals surface area contributed by atoms with Crippen molar-refractivity contribution < 1.29 is 60.8 Å². The Morgan fingerprint density at radius 1 is 0.955 bits per heavy atom. The molecule has 1 saturated heterocycles. The maximum Gasteiger partial charge on any atom is 0.348 e. The number of rotatable bonds is 6. The number of hydrogen-bond donors (Lipinski definition) is 4. The van der Waals surface area contributed by atoms with Crippen LogP contribution in [0.1, 0.15) is 50.0 Å². The second kappa shape index (κ2) is 14.0. The SMILES string of the molecule is CCC(C)C1OC(=O)C(C)C(O)C(Cc2c(F)c(F)c(F)c(F)c2F)NC(=O)C(NC(=O)c2ccccc2O)C(C)OC1=O. The lowest BCUT2D eigenvalue weighted by atomic mass is 9.91. The fourth-order valence-corrected chi connectivity index (χ4v) is 4.51. The average molecular weight is 631 g/mol. The van der Waals surface area contributed by atoms with E-state index in [2.05, 4.69) is 10.6 Å². The minimum atomic E-state index is -2.43. The largest absolute Gasteiger partial charge is 0.507 e. The van der Waals surface area contributed by atoms with Gasteiger partial charge in [-0.15, -0.1) is 0 Å². The first-order valence-electron chi connectivity index (χ1n) is 13.6. The van der Waals surface area contributed by atoms with Gasteiger partial charge in [-0.3, -0.25) is 14.4 Å². The van der Waals surface area contributed by atoms with Crippen LogP contribution in [0.25, 0.3) is 0 Å². The van der Waals surface area contributed by atoms with Gasteiger partial charge in [-0.05, 0) is 32.4 Å². The number of halogens is 5. The van der Waals surface area contributed by atoms with Gasteiger partial charge in [0.05, 0.1) is 23.6 Å². The number of esters is 2. The summed E-state index contributed by atoms with van der Waals surface area (Å²) in [5.41, 5.74) is -1.69. The summed E-state index contributed by atoms with van der Waals surface area (Å²) in [7, 11) is 0. The van der Waals surface area contributed by atoms with Crippen molar-refractivity contribution in [1.82, 2.24) is 10.6 Å². The van der Waals surface area contributed by atoms with Crippen LogP contribution in [0.15, 0.2) is 24.3 Å². The van der Waals surface area contributed by atoms with Crippen molar-refractivity contribution in [2.45, 2.75) is 70.9 Å². The minimum absolute atomic E-state index is 0.289. The van der Waals surface area contributed by atoms with Crippen molar-refractivity contribution in [3.8, 4) is 5.75 Å². The van der Waals surface area contributed by atoms with E-state index in [1.165, 1.54) is 31.2 Å². The number of aliphatic hydroxyl groups is 1. The number of ether oxygens (including phenoxy) is 2. The molecular formula is C29H31F5N2O8. The monoisotopic (exact) mass is 630 g/mol. The number of phenolic OH excluding ortho intramolecular Hbond substituents is 1. The normalized spacial score (nSPS) is 25.5. The van der Waals surface area contributed by atoms with Gasteiger partial charge in [0.25, 0.3) is 5.91 Å². The number of hydrogen-bond acceptors (Lipinski definition) is 8. The summed E-state index contributed by atoms with van der Waals surface area (Å²) in [4.78, 5) is 52.6. The molecule has 1 aliphatic heterocycles. The highest BCUT2D eigenvalue weighted by Crippen LogP contribution is 2.27. The van der Waals surface area contributed by atoms with E-state index in [-0.39, 0.29) is 5.56 Å². The zero-order valence-corrected chi connectivity index (χ0v) is 24.0. The summed E-state index contributed by atoms with van der Waals surface area (Å²) in [6.45, 7) is 5.50. The Morgan fingerprint density at radius 2 is 1.52 bits per heavy atom. The molecule has 0 saturated carbocycles. The molecule has 0 spiro atoms. The zero-order valence-electron chi connectivity index (χ0n) is 24.0. The van der Waals surface area contributed by atoms with E-state index in [1.807, 2.05) is 0 Å². The van der Waals surface area contributed by atoms with Crippen LogP contribution in [-0.4, -0.2) is 64.4 Å². The van der Waals surface area contributed by atoms with Crippen LogP contribution in [0.3, 0.4) is 0 Å². The molecule has 0 aliphatic carbocycles.